The average Bonchev–Trinajstić information content (AvgIpc) is 2.68. The first-order chi connectivity index (χ1) is 13.4. The fraction of sp³-hybridized carbons (Fsp3) is 0.211. The lowest BCUT2D eigenvalue weighted by Gasteiger charge is -2.15. The monoisotopic (exact) mass is 406 g/mol. The second kappa shape index (κ2) is 8.39. The number of para-hydroxylation sites is 1. The van der Waals surface area contributed by atoms with Crippen molar-refractivity contribution in [1.29, 1.82) is 0 Å². The van der Waals surface area contributed by atoms with Gasteiger partial charge in [0.15, 0.2) is 5.16 Å². The summed E-state index contributed by atoms with van der Waals surface area (Å²) in [4.78, 5) is 29.4. The Hall–Kier alpha value is -2.94. The van der Waals surface area contributed by atoms with E-state index >= 15 is 0 Å². The number of hydrogen-bond acceptors (Lipinski definition) is 6. The van der Waals surface area contributed by atoms with E-state index < -0.39 is 17.8 Å². The topological polar surface area (TPSA) is 70.4 Å². The third-order valence-corrected chi connectivity index (χ3v) is 4.91. The van der Waals surface area contributed by atoms with Crippen LogP contribution in [0.5, 0.6) is 5.75 Å². The van der Waals surface area contributed by atoms with Gasteiger partial charge in [0.25, 0.3) is 5.56 Å². The third kappa shape index (κ3) is 4.14. The van der Waals surface area contributed by atoms with E-state index in [9.17, 15) is 18.4 Å². The van der Waals surface area contributed by atoms with Gasteiger partial charge in [-0.05, 0) is 43.3 Å². The van der Waals surface area contributed by atoms with Gasteiger partial charge in [0.2, 0.25) is 0 Å². The molecular weight excluding hydrogens is 390 g/mol. The minimum Gasteiger partial charge on any atom is -0.468 e. The maximum Gasteiger partial charge on any atom is 0.387 e. The lowest BCUT2D eigenvalue weighted by molar-refractivity contribution is -0.139. The van der Waals surface area contributed by atoms with Crippen molar-refractivity contribution in [3.8, 4) is 11.4 Å². The van der Waals surface area contributed by atoms with Crippen LogP contribution in [0.4, 0.5) is 8.78 Å². The molecule has 0 saturated heterocycles. The van der Waals surface area contributed by atoms with Crippen molar-refractivity contribution in [2.45, 2.75) is 23.9 Å². The Bertz CT molecular complexity index is 1050. The Morgan fingerprint density at radius 1 is 1.14 bits per heavy atom. The average molecular weight is 406 g/mol. The number of alkyl halides is 2. The highest BCUT2D eigenvalue weighted by Gasteiger charge is 2.20. The highest BCUT2D eigenvalue weighted by atomic mass is 32.2. The van der Waals surface area contributed by atoms with E-state index in [1.165, 1.54) is 35.9 Å². The molecule has 0 unspecified atom stereocenters. The Labute approximate surface area is 163 Å². The van der Waals surface area contributed by atoms with E-state index in [1.807, 2.05) is 0 Å². The number of aromatic nitrogens is 2. The Morgan fingerprint density at radius 2 is 1.82 bits per heavy atom. The third-order valence-electron chi connectivity index (χ3n) is 3.88. The molecule has 2 aromatic carbocycles. The highest BCUT2D eigenvalue weighted by Crippen LogP contribution is 2.26. The molecule has 28 heavy (non-hydrogen) atoms. The predicted octanol–water partition coefficient (Wildman–Crippen LogP) is 3.64. The number of methoxy groups -OCH3 is 1. The molecule has 0 radical (unpaired) electrons. The van der Waals surface area contributed by atoms with Crippen molar-refractivity contribution >= 4 is 28.6 Å². The molecule has 0 amide bonds. The number of fused-ring (bicyclic) bond motifs is 1. The molecule has 0 spiro atoms. The molecule has 0 aliphatic rings. The standard InChI is InChI=1S/C19H16F2N2O4S/c1-11(17(25)26-2)28-19-22-15-6-4-3-5-14(15)16(24)23(19)12-7-9-13(10-8-12)27-18(20)21/h3-11,18H,1-2H3/t11-/m1/s1. The number of carbonyl (C=O) groups is 1. The minimum absolute atomic E-state index is 0.0299. The van der Waals surface area contributed by atoms with Crippen LogP contribution in [0.1, 0.15) is 6.92 Å². The number of thioether (sulfide) groups is 1. The van der Waals surface area contributed by atoms with Crippen LogP contribution in [0.25, 0.3) is 16.6 Å². The van der Waals surface area contributed by atoms with E-state index in [-0.39, 0.29) is 16.5 Å². The molecule has 0 N–H and O–H groups in total. The van der Waals surface area contributed by atoms with Crippen LogP contribution in [-0.4, -0.2) is 34.5 Å². The molecule has 0 saturated carbocycles. The van der Waals surface area contributed by atoms with E-state index in [2.05, 4.69) is 9.72 Å². The Balaban J connectivity index is 2.13. The SMILES string of the molecule is COC(=O)[C@@H](C)Sc1nc2ccccc2c(=O)n1-c1ccc(OC(F)F)cc1. The molecule has 0 fully saturated rings. The maximum absolute atomic E-state index is 13.1. The lowest BCUT2D eigenvalue weighted by Crippen LogP contribution is -2.24. The minimum atomic E-state index is -2.94. The van der Waals surface area contributed by atoms with E-state index in [4.69, 9.17) is 4.74 Å². The molecule has 0 aliphatic carbocycles. The van der Waals surface area contributed by atoms with Gasteiger partial charge < -0.3 is 9.47 Å². The van der Waals surface area contributed by atoms with Gasteiger partial charge in [0.1, 0.15) is 11.0 Å². The summed E-state index contributed by atoms with van der Waals surface area (Å²) in [6.45, 7) is -1.30. The van der Waals surface area contributed by atoms with Crippen LogP contribution >= 0.6 is 11.8 Å². The lowest BCUT2D eigenvalue weighted by atomic mass is 10.2. The number of nitrogens with zero attached hydrogens (tertiary/aromatic N) is 2. The summed E-state index contributed by atoms with van der Waals surface area (Å²) in [7, 11) is 1.28. The first kappa shape index (κ1) is 19.8. The number of carbonyl (C=O) groups excluding carboxylic acids is 1. The fourth-order valence-electron chi connectivity index (χ4n) is 2.57. The number of ether oxygens (including phenoxy) is 2. The first-order valence-electron chi connectivity index (χ1n) is 8.22. The molecular formula is C19H16F2N2O4S. The van der Waals surface area contributed by atoms with Crippen LogP contribution in [0.15, 0.2) is 58.5 Å². The van der Waals surface area contributed by atoms with Gasteiger partial charge in [-0.15, -0.1) is 0 Å². The van der Waals surface area contributed by atoms with E-state index in [0.29, 0.717) is 16.6 Å². The van der Waals surface area contributed by atoms with Crippen LogP contribution < -0.4 is 10.3 Å². The molecule has 3 aromatic rings. The van der Waals surface area contributed by atoms with Crippen molar-refractivity contribution in [2.24, 2.45) is 0 Å². The first-order valence-corrected chi connectivity index (χ1v) is 9.10. The second-order valence-corrected chi connectivity index (χ2v) is 7.02. The van der Waals surface area contributed by atoms with Crippen molar-refractivity contribution in [1.82, 2.24) is 9.55 Å². The summed E-state index contributed by atoms with van der Waals surface area (Å²) in [6.07, 6.45) is 0. The van der Waals surface area contributed by atoms with Crippen LogP contribution in [0.2, 0.25) is 0 Å². The normalized spacial score (nSPS) is 12.2. The van der Waals surface area contributed by atoms with E-state index in [0.717, 1.165) is 11.8 Å². The fourth-order valence-corrected chi connectivity index (χ4v) is 3.52. The van der Waals surface area contributed by atoms with Crippen molar-refractivity contribution < 1.29 is 23.0 Å². The number of esters is 1. The van der Waals surface area contributed by atoms with Gasteiger partial charge >= 0.3 is 12.6 Å². The summed E-state index contributed by atoms with van der Waals surface area (Å²) < 4.78 is 35.1. The Kier molecular flexibility index (Phi) is 5.93. The van der Waals surface area contributed by atoms with Gasteiger partial charge in [-0.2, -0.15) is 8.78 Å². The largest absolute Gasteiger partial charge is 0.468 e. The number of hydrogen-bond donors (Lipinski definition) is 0. The summed E-state index contributed by atoms with van der Waals surface area (Å²) in [6, 6.07) is 12.4. The molecule has 9 heteroatoms. The summed E-state index contributed by atoms with van der Waals surface area (Å²) in [5, 5.41) is 0.0698. The van der Waals surface area contributed by atoms with Gasteiger partial charge in [-0.25, -0.2) is 4.98 Å². The van der Waals surface area contributed by atoms with Gasteiger partial charge in [0.05, 0.1) is 23.7 Å². The molecule has 0 aliphatic heterocycles. The van der Waals surface area contributed by atoms with Crippen molar-refractivity contribution in [3.63, 3.8) is 0 Å². The number of halogens is 2. The van der Waals surface area contributed by atoms with Gasteiger partial charge in [-0.1, -0.05) is 23.9 Å². The van der Waals surface area contributed by atoms with Crippen molar-refractivity contribution in [2.75, 3.05) is 7.11 Å². The van der Waals surface area contributed by atoms with Gasteiger partial charge in [0, 0.05) is 0 Å². The van der Waals surface area contributed by atoms with E-state index in [1.54, 1.807) is 31.2 Å². The number of benzene rings is 2. The zero-order valence-electron chi connectivity index (χ0n) is 15.0. The smallest absolute Gasteiger partial charge is 0.387 e. The van der Waals surface area contributed by atoms with Crippen molar-refractivity contribution in [3.05, 3.63) is 58.9 Å². The molecule has 6 nitrogen and oxygen atoms in total. The maximum atomic E-state index is 13.1. The summed E-state index contributed by atoms with van der Waals surface area (Å²) >= 11 is 1.07. The zero-order chi connectivity index (χ0) is 20.3. The van der Waals surface area contributed by atoms with Crippen LogP contribution in [0, 0.1) is 0 Å². The summed E-state index contributed by atoms with van der Waals surface area (Å²) in [5.74, 6) is -0.489. The zero-order valence-corrected chi connectivity index (χ0v) is 15.8. The molecule has 1 aromatic heterocycles. The molecule has 1 heterocycles. The van der Waals surface area contributed by atoms with Crippen LogP contribution in [-0.2, 0) is 9.53 Å². The quantitative estimate of drug-likeness (QED) is 0.354. The molecule has 0 bridgehead atoms. The summed E-state index contributed by atoms with van der Waals surface area (Å²) in [5.41, 5.74) is 0.554. The highest BCUT2D eigenvalue weighted by molar-refractivity contribution is 8.00. The second-order valence-electron chi connectivity index (χ2n) is 5.71. The Morgan fingerprint density at radius 3 is 2.46 bits per heavy atom. The molecule has 146 valence electrons. The van der Waals surface area contributed by atoms with Crippen LogP contribution in [0.3, 0.4) is 0 Å². The predicted molar refractivity (Wildman–Crippen MR) is 101 cm³/mol. The molecule has 3 rings (SSSR count). The molecule has 1 atom stereocenters. The number of rotatable bonds is 6. The van der Waals surface area contributed by atoms with Gasteiger partial charge in [-0.3, -0.25) is 14.2 Å².